The number of anilines is 1. The van der Waals surface area contributed by atoms with Crippen LogP contribution in [0.25, 0.3) is 0 Å². The zero-order valence-corrected chi connectivity index (χ0v) is 17.8. The van der Waals surface area contributed by atoms with Crippen LogP contribution in [-0.4, -0.2) is 49.2 Å². The minimum Gasteiger partial charge on any atom is -0.325 e. The molecule has 1 aromatic heterocycles. The van der Waals surface area contributed by atoms with Gasteiger partial charge in [-0.05, 0) is 24.6 Å². The van der Waals surface area contributed by atoms with Gasteiger partial charge in [0.2, 0.25) is 5.91 Å². The number of aromatic nitrogens is 1. The molecule has 1 amide bonds. The number of carbonyl (C=O) groups excluding carboxylic acids is 1. The van der Waals surface area contributed by atoms with Gasteiger partial charge in [-0.15, -0.1) is 24.5 Å². The van der Waals surface area contributed by atoms with Crippen LogP contribution in [0.1, 0.15) is 17.5 Å². The van der Waals surface area contributed by atoms with E-state index in [2.05, 4.69) is 19.8 Å². The maximum Gasteiger partial charge on any atom is 0.522 e. The fourth-order valence-corrected chi connectivity index (χ4v) is 5.42. The lowest BCUT2D eigenvalue weighted by Crippen LogP contribution is -2.58. The number of halogens is 5. The van der Waals surface area contributed by atoms with Gasteiger partial charge in [0, 0.05) is 23.8 Å². The van der Waals surface area contributed by atoms with Crippen molar-refractivity contribution in [2.45, 2.75) is 24.9 Å². The molecule has 0 bridgehead atoms. The van der Waals surface area contributed by atoms with E-state index in [-0.39, 0.29) is 17.1 Å². The lowest BCUT2D eigenvalue weighted by Gasteiger charge is -2.37. The molecular weight excluding hydrogens is 488 g/mol. The highest BCUT2D eigenvalue weighted by molar-refractivity contribution is 7.87. The predicted octanol–water partition coefficient (Wildman–Crippen LogP) is 3.06. The summed E-state index contributed by atoms with van der Waals surface area (Å²) < 4.78 is 82.3. The number of hydrogen-bond acceptors (Lipinski definition) is 6. The van der Waals surface area contributed by atoms with Crippen LogP contribution in [0.5, 0.6) is 0 Å². The number of ether oxygens (including phenoxy) is 1. The summed E-state index contributed by atoms with van der Waals surface area (Å²) in [5.74, 6) is -1.56. The molecule has 1 aliphatic rings. The molecule has 3 rings (SSSR count). The van der Waals surface area contributed by atoms with Gasteiger partial charge in [-0.1, -0.05) is 11.6 Å². The molecule has 1 aromatic carbocycles. The van der Waals surface area contributed by atoms with Gasteiger partial charge in [0.1, 0.15) is 16.9 Å². The summed E-state index contributed by atoms with van der Waals surface area (Å²) in [5.41, 5.74) is 0.0876. The van der Waals surface area contributed by atoms with Crippen LogP contribution in [-0.2, 0) is 19.7 Å². The minimum absolute atomic E-state index is 0.0876. The average Bonchev–Trinajstić information content (AvgIpc) is 3.19. The van der Waals surface area contributed by atoms with E-state index < -0.39 is 53.5 Å². The van der Waals surface area contributed by atoms with E-state index in [0.717, 1.165) is 23.5 Å². The maximum atomic E-state index is 13.3. The molecule has 0 spiro atoms. The van der Waals surface area contributed by atoms with Gasteiger partial charge in [0.05, 0.1) is 17.7 Å². The predicted molar refractivity (Wildman–Crippen MR) is 104 cm³/mol. The van der Waals surface area contributed by atoms with Crippen molar-refractivity contribution in [2.24, 2.45) is 0 Å². The monoisotopic (exact) mass is 502 g/mol. The molecule has 2 heterocycles. The summed E-state index contributed by atoms with van der Waals surface area (Å²) in [5, 5.41) is 4.14. The molecule has 1 saturated heterocycles. The molecule has 0 aliphatic carbocycles. The van der Waals surface area contributed by atoms with Gasteiger partial charge in [0.15, 0.2) is 0 Å². The molecule has 1 fully saturated rings. The highest BCUT2D eigenvalue weighted by atomic mass is 35.5. The Morgan fingerprint density at radius 2 is 2.16 bits per heavy atom. The third kappa shape index (κ3) is 6.11. The van der Waals surface area contributed by atoms with Crippen LogP contribution in [0.3, 0.4) is 0 Å². The first kappa shape index (κ1) is 23.8. The fraction of sp³-hybridized carbons (Fsp3) is 0.375. The number of thiazole rings is 1. The molecule has 170 valence electrons. The zero-order valence-electron chi connectivity index (χ0n) is 15.4. The Balaban J connectivity index is 1.85. The Bertz CT molecular complexity index is 1040. The lowest BCUT2D eigenvalue weighted by atomic mass is 10.1. The van der Waals surface area contributed by atoms with Crippen LogP contribution in [0, 0.1) is 5.82 Å². The highest BCUT2D eigenvalue weighted by Gasteiger charge is 2.44. The second kappa shape index (κ2) is 9.34. The van der Waals surface area contributed by atoms with Gasteiger partial charge >= 0.3 is 6.36 Å². The van der Waals surface area contributed by atoms with Crippen LogP contribution in [0.4, 0.5) is 23.2 Å². The molecule has 0 saturated carbocycles. The quantitative estimate of drug-likeness (QED) is 0.591. The van der Waals surface area contributed by atoms with Crippen molar-refractivity contribution in [3.05, 3.63) is 45.6 Å². The Hall–Kier alpha value is -1.84. The zero-order chi connectivity index (χ0) is 22.8. The average molecular weight is 503 g/mol. The fourth-order valence-electron chi connectivity index (χ4n) is 2.93. The second-order valence-corrected chi connectivity index (χ2v) is 9.31. The topological polar surface area (TPSA) is 101 Å². The number of nitrogens with zero attached hydrogens (tertiary/aromatic N) is 2. The van der Waals surface area contributed by atoms with Crippen molar-refractivity contribution >= 4 is 44.7 Å². The first-order valence-electron chi connectivity index (χ1n) is 8.61. The summed E-state index contributed by atoms with van der Waals surface area (Å²) in [4.78, 5) is 16.9. The van der Waals surface area contributed by atoms with E-state index in [1.54, 1.807) is 5.38 Å². The molecule has 1 aliphatic heterocycles. The summed E-state index contributed by atoms with van der Waals surface area (Å²) >= 11 is 6.84. The number of carbonyl (C=O) groups is 1. The third-order valence-corrected chi connectivity index (χ3v) is 7.04. The summed E-state index contributed by atoms with van der Waals surface area (Å²) in [6, 6.07) is 1.09. The Kier molecular flexibility index (Phi) is 7.18. The summed E-state index contributed by atoms with van der Waals surface area (Å²) in [7, 11) is -4.36. The number of nitrogens with one attached hydrogen (secondary N) is 2. The van der Waals surface area contributed by atoms with Crippen LogP contribution >= 0.6 is 22.9 Å². The van der Waals surface area contributed by atoms with Gasteiger partial charge in [-0.2, -0.15) is 17.4 Å². The SMILES string of the molecule is O=C(Nc1ccc(F)c(Cl)c1)[C@@H]1C[C@H](c2nccs2)NS(=O)(=O)N1CCOC(F)(F)F. The molecular formula is C16H15ClF4N4O4S2. The smallest absolute Gasteiger partial charge is 0.325 e. The molecule has 0 radical (unpaired) electrons. The van der Waals surface area contributed by atoms with E-state index in [1.807, 2.05) is 0 Å². The Morgan fingerprint density at radius 3 is 2.77 bits per heavy atom. The Morgan fingerprint density at radius 1 is 1.42 bits per heavy atom. The Labute approximate surface area is 183 Å². The van der Waals surface area contributed by atoms with E-state index in [9.17, 15) is 30.8 Å². The molecule has 2 aromatic rings. The normalized spacial score (nSPS) is 21.7. The number of alkyl halides is 3. The maximum absolute atomic E-state index is 13.3. The minimum atomic E-state index is -4.96. The number of hydrogen-bond donors (Lipinski definition) is 2. The van der Waals surface area contributed by atoms with Gasteiger partial charge in [-0.25, -0.2) is 9.37 Å². The standard InChI is InChI=1S/C16H15ClF4N4O4S2/c17-10-7-9(1-2-11(10)18)23-14(26)13-8-12(15-22-3-6-30-15)24-31(27,28)25(13)4-5-29-16(19,20)21/h1-3,6-7,12-13,24H,4-5,8H2,(H,23,26)/t12-,13+/m1/s1. The van der Waals surface area contributed by atoms with E-state index in [1.165, 1.54) is 12.3 Å². The van der Waals surface area contributed by atoms with Gasteiger partial charge in [-0.3, -0.25) is 9.53 Å². The van der Waals surface area contributed by atoms with Crippen molar-refractivity contribution in [2.75, 3.05) is 18.5 Å². The molecule has 15 heteroatoms. The largest absolute Gasteiger partial charge is 0.522 e. The highest BCUT2D eigenvalue weighted by Crippen LogP contribution is 2.31. The van der Waals surface area contributed by atoms with Crippen LogP contribution < -0.4 is 10.0 Å². The molecule has 2 N–H and O–H groups in total. The second-order valence-electron chi connectivity index (χ2n) is 6.32. The van der Waals surface area contributed by atoms with Crippen LogP contribution in [0.15, 0.2) is 29.8 Å². The van der Waals surface area contributed by atoms with E-state index >= 15 is 0 Å². The molecule has 0 unspecified atom stereocenters. The van der Waals surface area contributed by atoms with E-state index in [4.69, 9.17) is 11.6 Å². The van der Waals surface area contributed by atoms with Crippen molar-refractivity contribution in [1.82, 2.24) is 14.0 Å². The molecule has 8 nitrogen and oxygen atoms in total. The van der Waals surface area contributed by atoms with E-state index in [0.29, 0.717) is 9.31 Å². The van der Waals surface area contributed by atoms with Crippen molar-refractivity contribution in [3.8, 4) is 0 Å². The molecule has 31 heavy (non-hydrogen) atoms. The number of amides is 1. The third-order valence-electron chi connectivity index (χ3n) is 4.22. The number of rotatable bonds is 6. The van der Waals surface area contributed by atoms with Crippen molar-refractivity contribution in [3.63, 3.8) is 0 Å². The first-order chi connectivity index (χ1) is 14.5. The van der Waals surface area contributed by atoms with Crippen molar-refractivity contribution < 1.29 is 35.5 Å². The number of benzene rings is 1. The van der Waals surface area contributed by atoms with Crippen LogP contribution in [0.2, 0.25) is 5.02 Å². The van der Waals surface area contributed by atoms with Crippen molar-refractivity contribution in [1.29, 1.82) is 0 Å². The van der Waals surface area contributed by atoms with Gasteiger partial charge < -0.3 is 5.32 Å². The first-order valence-corrected chi connectivity index (χ1v) is 11.3. The summed E-state index contributed by atoms with van der Waals surface area (Å²) in [6.45, 7) is -1.75. The lowest BCUT2D eigenvalue weighted by molar-refractivity contribution is -0.324. The summed E-state index contributed by atoms with van der Waals surface area (Å²) in [6.07, 6.45) is -3.62. The molecule has 2 atom stereocenters. The van der Waals surface area contributed by atoms with Gasteiger partial charge in [0.25, 0.3) is 10.2 Å².